The molecular formula is C16H14N4O2. The fourth-order valence-electron chi connectivity index (χ4n) is 1.91. The number of amides is 1. The molecule has 0 aliphatic carbocycles. The van der Waals surface area contributed by atoms with E-state index in [2.05, 4.69) is 20.5 Å². The minimum absolute atomic E-state index is 0.0937. The lowest BCUT2D eigenvalue weighted by Gasteiger charge is -2.03. The van der Waals surface area contributed by atoms with Crippen LogP contribution < -0.4 is 5.32 Å². The van der Waals surface area contributed by atoms with E-state index in [1.165, 1.54) is 0 Å². The largest absolute Gasteiger partial charge is 0.419 e. The number of nitrogens with one attached hydrogen (secondary N) is 1. The van der Waals surface area contributed by atoms with E-state index in [0.29, 0.717) is 23.9 Å². The molecule has 0 spiro atoms. The van der Waals surface area contributed by atoms with Crippen LogP contribution in [0.2, 0.25) is 0 Å². The highest BCUT2D eigenvalue weighted by molar-refractivity contribution is 5.90. The molecule has 1 amide bonds. The molecule has 0 atom stereocenters. The van der Waals surface area contributed by atoms with Gasteiger partial charge in [-0.3, -0.25) is 9.78 Å². The summed E-state index contributed by atoms with van der Waals surface area (Å²) in [5.74, 6) is 0.687. The molecule has 3 aromatic rings. The molecule has 22 heavy (non-hydrogen) atoms. The van der Waals surface area contributed by atoms with Gasteiger partial charge in [0.05, 0.1) is 0 Å². The maximum absolute atomic E-state index is 11.8. The zero-order chi connectivity index (χ0) is 15.2. The first-order chi connectivity index (χ1) is 10.8. The van der Waals surface area contributed by atoms with Crippen LogP contribution in [0, 0.1) is 0 Å². The second kappa shape index (κ2) is 6.62. The third kappa shape index (κ3) is 3.54. The predicted octanol–water partition coefficient (Wildman–Crippen LogP) is 2.70. The highest BCUT2D eigenvalue weighted by Crippen LogP contribution is 2.15. The Morgan fingerprint density at radius 2 is 1.86 bits per heavy atom. The van der Waals surface area contributed by atoms with E-state index < -0.39 is 0 Å². The van der Waals surface area contributed by atoms with Gasteiger partial charge in [-0.15, -0.1) is 10.2 Å². The minimum Gasteiger partial charge on any atom is -0.419 e. The second-order valence-corrected chi connectivity index (χ2v) is 4.63. The highest BCUT2D eigenvalue weighted by Gasteiger charge is 2.11. The molecule has 0 unspecified atom stereocenters. The summed E-state index contributed by atoms with van der Waals surface area (Å²) in [6, 6.07) is 14.8. The maximum atomic E-state index is 11.8. The van der Waals surface area contributed by atoms with Crippen molar-refractivity contribution in [3.8, 4) is 11.6 Å². The summed E-state index contributed by atoms with van der Waals surface area (Å²) in [7, 11) is 0. The SMILES string of the molecule is O=C(CCc1nnc(-c2ccccn2)o1)Nc1ccccc1. The van der Waals surface area contributed by atoms with Crippen molar-refractivity contribution in [1.82, 2.24) is 15.2 Å². The van der Waals surface area contributed by atoms with Gasteiger partial charge in [0.1, 0.15) is 5.69 Å². The smallest absolute Gasteiger partial charge is 0.266 e. The summed E-state index contributed by atoms with van der Waals surface area (Å²) >= 11 is 0. The van der Waals surface area contributed by atoms with Gasteiger partial charge in [0.2, 0.25) is 11.8 Å². The van der Waals surface area contributed by atoms with Crippen LogP contribution in [-0.2, 0) is 11.2 Å². The van der Waals surface area contributed by atoms with Crippen LogP contribution in [0.1, 0.15) is 12.3 Å². The van der Waals surface area contributed by atoms with Crippen molar-refractivity contribution in [3.63, 3.8) is 0 Å². The topological polar surface area (TPSA) is 80.9 Å². The summed E-state index contributed by atoms with van der Waals surface area (Å²) in [6.07, 6.45) is 2.32. The molecule has 2 heterocycles. The van der Waals surface area contributed by atoms with Gasteiger partial charge >= 0.3 is 0 Å². The number of nitrogens with zero attached hydrogens (tertiary/aromatic N) is 3. The van der Waals surface area contributed by atoms with Gasteiger partial charge in [-0.1, -0.05) is 24.3 Å². The number of rotatable bonds is 5. The van der Waals surface area contributed by atoms with Gasteiger partial charge in [-0.25, -0.2) is 0 Å². The van der Waals surface area contributed by atoms with Crippen molar-refractivity contribution >= 4 is 11.6 Å². The third-order valence-corrected chi connectivity index (χ3v) is 2.97. The van der Waals surface area contributed by atoms with Gasteiger partial charge < -0.3 is 9.73 Å². The molecule has 0 saturated carbocycles. The van der Waals surface area contributed by atoms with Crippen molar-refractivity contribution in [3.05, 3.63) is 60.6 Å². The van der Waals surface area contributed by atoms with Crippen molar-refractivity contribution in [1.29, 1.82) is 0 Å². The first-order valence-corrected chi connectivity index (χ1v) is 6.90. The molecule has 0 radical (unpaired) electrons. The molecule has 0 saturated heterocycles. The Morgan fingerprint density at radius 3 is 2.64 bits per heavy atom. The van der Waals surface area contributed by atoms with Crippen LogP contribution in [0.25, 0.3) is 11.6 Å². The third-order valence-electron chi connectivity index (χ3n) is 2.97. The lowest BCUT2D eigenvalue weighted by atomic mass is 10.2. The quantitative estimate of drug-likeness (QED) is 0.782. The lowest BCUT2D eigenvalue weighted by molar-refractivity contribution is -0.116. The van der Waals surface area contributed by atoms with E-state index in [1.807, 2.05) is 42.5 Å². The molecule has 0 fully saturated rings. The molecule has 3 rings (SSSR count). The highest BCUT2D eigenvalue weighted by atomic mass is 16.4. The summed E-state index contributed by atoms with van der Waals surface area (Å²) in [4.78, 5) is 16.0. The summed E-state index contributed by atoms with van der Waals surface area (Å²) < 4.78 is 5.51. The van der Waals surface area contributed by atoms with Crippen molar-refractivity contribution in [2.24, 2.45) is 0 Å². The number of carbonyl (C=O) groups is 1. The Hall–Kier alpha value is -3.02. The molecule has 110 valence electrons. The molecular weight excluding hydrogens is 280 g/mol. The van der Waals surface area contributed by atoms with Gasteiger partial charge in [-0.2, -0.15) is 0 Å². The monoisotopic (exact) mass is 294 g/mol. The zero-order valence-electron chi connectivity index (χ0n) is 11.8. The molecule has 0 bridgehead atoms. The van der Waals surface area contributed by atoms with Crippen molar-refractivity contribution < 1.29 is 9.21 Å². The number of carbonyl (C=O) groups excluding carboxylic acids is 1. The lowest BCUT2D eigenvalue weighted by Crippen LogP contribution is -2.12. The van der Waals surface area contributed by atoms with Crippen LogP contribution in [0.4, 0.5) is 5.69 Å². The average Bonchev–Trinajstić information content (AvgIpc) is 3.04. The van der Waals surface area contributed by atoms with Crippen LogP contribution in [0.5, 0.6) is 0 Å². The van der Waals surface area contributed by atoms with Gasteiger partial charge in [0.25, 0.3) is 5.89 Å². The number of aromatic nitrogens is 3. The molecule has 6 heteroatoms. The Morgan fingerprint density at radius 1 is 1.05 bits per heavy atom. The molecule has 0 aliphatic rings. The Labute approximate surface area is 127 Å². The van der Waals surface area contributed by atoms with Crippen LogP contribution in [0.15, 0.2) is 59.1 Å². The first kappa shape index (κ1) is 13.9. The molecule has 1 aromatic carbocycles. The maximum Gasteiger partial charge on any atom is 0.266 e. The molecule has 2 aromatic heterocycles. The fraction of sp³-hybridized carbons (Fsp3) is 0.125. The Balaban J connectivity index is 1.56. The molecule has 0 aliphatic heterocycles. The van der Waals surface area contributed by atoms with E-state index in [4.69, 9.17) is 4.42 Å². The standard InChI is InChI=1S/C16H14N4O2/c21-14(18-12-6-2-1-3-7-12)9-10-15-19-20-16(22-15)13-8-4-5-11-17-13/h1-8,11H,9-10H2,(H,18,21). The number of aryl methyl sites for hydroxylation is 1. The summed E-state index contributed by atoms with van der Waals surface area (Å²) in [5.41, 5.74) is 1.39. The normalized spacial score (nSPS) is 10.4. The predicted molar refractivity (Wildman–Crippen MR) is 80.9 cm³/mol. The van der Waals surface area contributed by atoms with E-state index in [-0.39, 0.29) is 12.3 Å². The fourth-order valence-corrected chi connectivity index (χ4v) is 1.91. The number of hydrogen-bond acceptors (Lipinski definition) is 5. The summed E-state index contributed by atoms with van der Waals surface area (Å²) in [5, 5.41) is 10.7. The summed E-state index contributed by atoms with van der Waals surface area (Å²) in [6.45, 7) is 0. The van der Waals surface area contributed by atoms with Gasteiger partial charge in [0.15, 0.2) is 0 Å². The van der Waals surface area contributed by atoms with E-state index in [1.54, 1.807) is 12.3 Å². The minimum atomic E-state index is -0.0937. The van der Waals surface area contributed by atoms with Crippen molar-refractivity contribution in [2.75, 3.05) is 5.32 Å². The number of benzene rings is 1. The van der Waals surface area contributed by atoms with Crippen LogP contribution in [-0.4, -0.2) is 21.1 Å². The van der Waals surface area contributed by atoms with Crippen LogP contribution in [0.3, 0.4) is 0 Å². The van der Waals surface area contributed by atoms with Gasteiger partial charge in [-0.05, 0) is 24.3 Å². The molecule has 6 nitrogen and oxygen atoms in total. The van der Waals surface area contributed by atoms with Gasteiger partial charge in [0, 0.05) is 24.7 Å². The van der Waals surface area contributed by atoms with E-state index in [9.17, 15) is 4.79 Å². The van der Waals surface area contributed by atoms with Crippen molar-refractivity contribution in [2.45, 2.75) is 12.8 Å². The zero-order valence-corrected chi connectivity index (χ0v) is 11.8. The van der Waals surface area contributed by atoms with E-state index in [0.717, 1.165) is 5.69 Å². The number of pyridine rings is 1. The second-order valence-electron chi connectivity index (χ2n) is 4.63. The van der Waals surface area contributed by atoms with E-state index >= 15 is 0 Å². The average molecular weight is 294 g/mol. The Bertz CT molecular complexity index is 741. The number of para-hydroxylation sites is 1. The molecule has 1 N–H and O–H groups in total. The number of hydrogen-bond donors (Lipinski definition) is 1. The Kier molecular flexibility index (Phi) is 4.20. The number of anilines is 1. The first-order valence-electron chi connectivity index (χ1n) is 6.90. The van der Waals surface area contributed by atoms with Crippen LogP contribution >= 0.6 is 0 Å².